The van der Waals surface area contributed by atoms with Crippen LogP contribution in [0.4, 0.5) is 0 Å². The molecule has 19 heavy (non-hydrogen) atoms. The fraction of sp³-hybridized carbons (Fsp3) is 0.923. The second-order valence-electron chi connectivity index (χ2n) is 5.63. The number of aliphatic hydroxyl groups is 1. The Bertz CT molecular complexity index is 381. The van der Waals surface area contributed by atoms with Crippen molar-refractivity contribution >= 4 is 0 Å². The predicted octanol–water partition coefficient (Wildman–Crippen LogP) is 1.07. The summed E-state index contributed by atoms with van der Waals surface area (Å²) in [6.45, 7) is 4.64. The molecule has 1 aliphatic rings. The van der Waals surface area contributed by atoms with Gasteiger partial charge in [-0.3, -0.25) is 4.90 Å². The van der Waals surface area contributed by atoms with Crippen LogP contribution in [0.3, 0.4) is 0 Å². The average molecular weight is 267 g/mol. The topological polar surface area (TPSA) is 67.1 Å². The highest BCUT2D eigenvalue weighted by atomic mass is 16.3. The van der Waals surface area contributed by atoms with E-state index in [9.17, 15) is 5.11 Å². The molecule has 0 spiro atoms. The minimum atomic E-state index is -0.136. The minimum Gasteiger partial charge on any atom is -0.393 e. The van der Waals surface area contributed by atoms with Crippen LogP contribution in [0.1, 0.15) is 44.9 Å². The maximum atomic E-state index is 10.0. The lowest BCUT2D eigenvalue weighted by Gasteiger charge is -2.30. The molecule has 0 bridgehead atoms. The quantitative estimate of drug-likeness (QED) is 0.835. The highest BCUT2D eigenvalue weighted by molar-refractivity contribution is 4.83. The van der Waals surface area contributed by atoms with Crippen molar-refractivity contribution in [2.24, 2.45) is 5.92 Å². The molecule has 1 saturated carbocycles. The minimum absolute atomic E-state index is 0.136. The Morgan fingerprint density at radius 3 is 2.89 bits per heavy atom. The molecular weight excluding hydrogens is 242 g/mol. The van der Waals surface area contributed by atoms with Gasteiger partial charge in [0.05, 0.1) is 12.6 Å². The standard InChI is InChI=1S/C13H25N5O/c1-3-8-18-13(14-15-16-18)10-17(2)9-11-6-4-5-7-12(11)19/h11-12,19H,3-10H2,1-2H3. The summed E-state index contributed by atoms with van der Waals surface area (Å²) in [5.41, 5.74) is 0. The van der Waals surface area contributed by atoms with Gasteiger partial charge in [0.1, 0.15) is 0 Å². The highest BCUT2D eigenvalue weighted by Gasteiger charge is 2.24. The van der Waals surface area contributed by atoms with E-state index in [0.29, 0.717) is 5.92 Å². The molecular formula is C13H25N5O. The maximum Gasteiger partial charge on any atom is 0.165 e. The second-order valence-corrected chi connectivity index (χ2v) is 5.63. The van der Waals surface area contributed by atoms with E-state index >= 15 is 0 Å². The maximum absolute atomic E-state index is 10.0. The van der Waals surface area contributed by atoms with Gasteiger partial charge >= 0.3 is 0 Å². The first-order valence-electron chi connectivity index (χ1n) is 7.32. The summed E-state index contributed by atoms with van der Waals surface area (Å²) < 4.78 is 1.87. The van der Waals surface area contributed by atoms with Crippen LogP contribution in [0.15, 0.2) is 0 Å². The van der Waals surface area contributed by atoms with Crippen LogP contribution in [0.2, 0.25) is 0 Å². The largest absolute Gasteiger partial charge is 0.393 e. The zero-order valence-corrected chi connectivity index (χ0v) is 12.0. The van der Waals surface area contributed by atoms with Crippen LogP contribution in [-0.2, 0) is 13.1 Å². The van der Waals surface area contributed by atoms with Crippen molar-refractivity contribution < 1.29 is 5.11 Å². The van der Waals surface area contributed by atoms with Crippen molar-refractivity contribution in [2.75, 3.05) is 13.6 Å². The zero-order valence-electron chi connectivity index (χ0n) is 12.0. The third kappa shape index (κ3) is 3.98. The lowest BCUT2D eigenvalue weighted by Crippen LogP contribution is -2.35. The molecule has 0 amide bonds. The molecule has 1 fully saturated rings. The van der Waals surface area contributed by atoms with Gasteiger partial charge in [-0.1, -0.05) is 19.8 Å². The van der Waals surface area contributed by atoms with Crippen molar-refractivity contribution in [2.45, 2.75) is 58.2 Å². The third-order valence-corrected chi connectivity index (χ3v) is 3.87. The average Bonchev–Trinajstić information content (AvgIpc) is 2.80. The van der Waals surface area contributed by atoms with E-state index < -0.39 is 0 Å². The number of tetrazole rings is 1. The lowest BCUT2D eigenvalue weighted by atomic mass is 9.86. The van der Waals surface area contributed by atoms with Crippen LogP contribution in [0.25, 0.3) is 0 Å². The van der Waals surface area contributed by atoms with Gasteiger partial charge in [0.15, 0.2) is 5.82 Å². The molecule has 2 unspecified atom stereocenters. The first kappa shape index (κ1) is 14.4. The summed E-state index contributed by atoms with van der Waals surface area (Å²) in [5, 5.41) is 21.8. The number of aromatic nitrogens is 4. The van der Waals surface area contributed by atoms with E-state index in [1.165, 1.54) is 6.42 Å². The number of rotatable bonds is 6. The molecule has 1 aliphatic carbocycles. The Kier molecular flexibility index (Phi) is 5.27. The van der Waals surface area contributed by atoms with Gasteiger partial charge in [-0.15, -0.1) is 5.10 Å². The summed E-state index contributed by atoms with van der Waals surface area (Å²) in [6, 6.07) is 0. The van der Waals surface area contributed by atoms with Crippen LogP contribution in [0.5, 0.6) is 0 Å². The summed E-state index contributed by atoms with van der Waals surface area (Å²) in [6.07, 6.45) is 5.38. The van der Waals surface area contributed by atoms with E-state index in [0.717, 1.165) is 51.1 Å². The lowest BCUT2D eigenvalue weighted by molar-refractivity contribution is 0.0495. The molecule has 6 heteroatoms. The molecule has 1 N–H and O–H groups in total. The van der Waals surface area contributed by atoms with Crippen molar-refractivity contribution in [3.8, 4) is 0 Å². The van der Waals surface area contributed by atoms with Crippen molar-refractivity contribution in [3.05, 3.63) is 5.82 Å². The SMILES string of the molecule is CCCn1nnnc1CN(C)CC1CCCCC1O. The first-order valence-corrected chi connectivity index (χ1v) is 7.32. The Morgan fingerprint density at radius 1 is 1.37 bits per heavy atom. The van der Waals surface area contributed by atoms with Gasteiger partial charge in [0.25, 0.3) is 0 Å². The molecule has 108 valence electrons. The van der Waals surface area contributed by atoms with E-state index in [1.807, 2.05) is 4.68 Å². The Morgan fingerprint density at radius 2 is 2.16 bits per heavy atom. The van der Waals surface area contributed by atoms with Crippen LogP contribution < -0.4 is 0 Å². The van der Waals surface area contributed by atoms with Crippen LogP contribution >= 0.6 is 0 Å². The van der Waals surface area contributed by atoms with Crippen LogP contribution in [0, 0.1) is 5.92 Å². The normalized spacial score (nSPS) is 24.0. The van der Waals surface area contributed by atoms with Crippen molar-refractivity contribution in [1.82, 2.24) is 25.1 Å². The molecule has 2 atom stereocenters. The van der Waals surface area contributed by atoms with Crippen molar-refractivity contribution in [1.29, 1.82) is 0 Å². The molecule has 0 radical (unpaired) electrons. The molecule has 0 saturated heterocycles. The number of aryl methyl sites for hydroxylation is 1. The van der Waals surface area contributed by atoms with Gasteiger partial charge in [0, 0.05) is 13.1 Å². The number of nitrogens with zero attached hydrogens (tertiary/aromatic N) is 5. The monoisotopic (exact) mass is 267 g/mol. The smallest absolute Gasteiger partial charge is 0.165 e. The van der Waals surface area contributed by atoms with E-state index in [4.69, 9.17) is 0 Å². The third-order valence-electron chi connectivity index (χ3n) is 3.87. The summed E-state index contributed by atoms with van der Waals surface area (Å²) >= 11 is 0. The summed E-state index contributed by atoms with van der Waals surface area (Å²) in [5.74, 6) is 1.31. The van der Waals surface area contributed by atoms with Gasteiger partial charge in [-0.2, -0.15) is 0 Å². The molecule has 0 aromatic carbocycles. The fourth-order valence-corrected chi connectivity index (χ4v) is 2.83. The highest BCUT2D eigenvalue weighted by Crippen LogP contribution is 2.25. The Labute approximate surface area is 114 Å². The van der Waals surface area contributed by atoms with Gasteiger partial charge in [0.2, 0.25) is 0 Å². The first-order chi connectivity index (χ1) is 9.20. The fourth-order valence-electron chi connectivity index (χ4n) is 2.83. The predicted molar refractivity (Wildman–Crippen MR) is 72.4 cm³/mol. The Hall–Kier alpha value is -1.01. The van der Waals surface area contributed by atoms with E-state index in [2.05, 4.69) is 34.4 Å². The molecule has 0 aliphatic heterocycles. The zero-order chi connectivity index (χ0) is 13.7. The molecule has 2 rings (SSSR count). The Balaban J connectivity index is 1.86. The molecule has 1 aromatic heterocycles. The van der Waals surface area contributed by atoms with Gasteiger partial charge in [-0.05, 0) is 42.7 Å². The molecule has 1 aromatic rings. The van der Waals surface area contributed by atoms with E-state index in [-0.39, 0.29) is 6.10 Å². The number of aliphatic hydroxyl groups excluding tert-OH is 1. The summed E-state index contributed by atoms with van der Waals surface area (Å²) in [4.78, 5) is 2.22. The van der Waals surface area contributed by atoms with E-state index in [1.54, 1.807) is 0 Å². The summed E-state index contributed by atoms with van der Waals surface area (Å²) in [7, 11) is 2.08. The van der Waals surface area contributed by atoms with Crippen molar-refractivity contribution in [3.63, 3.8) is 0 Å². The molecule has 6 nitrogen and oxygen atoms in total. The van der Waals surface area contributed by atoms with Gasteiger partial charge < -0.3 is 5.11 Å². The van der Waals surface area contributed by atoms with Crippen LogP contribution in [-0.4, -0.2) is 49.9 Å². The second kappa shape index (κ2) is 6.96. The number of hydrogen-bond acceptors (Lipinski definition) is 5. The molecule has 1 heterocycles. The number of hydrogen-bond donors (Lipinski definition) is 1. The van der Waals surface area contributed by atoms with Gasteiger partial charge in [-0.25, -0.2) is 4.68 Å².